The molecule has 2 aromatic carbocycles. The molecule has 1 heterocycles. The number of piperazine rings is 1. The van der Waals surface area contributed by atoms with Crippen LogP contribution in [0.3, 0.4) is 0 Å². The van der Waals surface area contributed by atoms with Crippen LogP contribution in [0.5, 0.6) is 0 Å². The molecule has 0 saturated carbocycles. The molecule has 0 unspecified atom stereocenters. The van der Waals surface area contributed by atoms with Crippen LogP contribution in [0.1, 0.15) is 26.3 Å². The number of hydrogen-bond donors (Lipinski definition) is 1. The lowest BCUT2D eigenvalue weighted by molar-refractivity contribution is -0.894. The van der Waals surface area contributed by atoms with Gasteiger partial charge >= 0.3 is 0 Å². The fourth-order valence-corrected chi connectivity index (χ4v) is 3.79. The van der Waals surface area contributed by atoms with Crippen molar-refractivity contribution in [1.82, 2.24) is 4.90 Å². The van der Waals surface area contributed by atoms with Gasteiger partial charge in [0.2, 0.25) is 11.6 Å². The molecule has 144 valence electrons. The zero-order chi connectivity index (χ0) is 19.9. The first-order chi connectivity index (χ1) is 13.4. The Kier molecular flexibility index (Phi) is 4.55. The summed E-state index contributed by atoms with van der Waals surface area (Å²) in [6.07, 6.45) is 0. The van der Waals surface area contributed by atoms with Crippen LogP contribution in [-0.4, -0.2) is 61.2 Å². The lowest BCUT2D eigenvalue weighted by Crippen LogP contribution is -2.55. The van der Waals surface area contributed by atoms with Crippen LogP contribution in [0.15, 0.2) is 59.9 Å². The summed E-state index contributed by atoms with van der Waals surface area (Å²) in [5, 5.41) is 3.26. The van der Waals surface area contributed by atoms with Crippen molar-refractivity contribution < 1.29 is 14.1 Å². The Balaban J connectivity index is 1.78. The van der Waals surface area contributed by atoms with Gasteiger partial charge in [0.1, 0.15) is 11.4 Å². The summed E-state index contributed by atoms with van der Waals surface area (Å²) < 4.78 is 0.920. The summed E-state index contributed by atoms with van der Waals surface area (Å²) >= 11 is 0. The normalized spacial score (nSPS) is 18.9. The Morgan fingerprint density at radius 3 is 2.04 bits per heavy atom. The average Bonchev–Trinajstić information content (AvgIpc) is 2.68. The van der Waals surface area contributed by atoms with Crippen molar-refractivity contribution in [2.24, 2.45) is 0 Å². The highest BCUT2D eigenvalue weighted by atomic mass is 16.1. The van der Waals surface area contributed by atoms with E-state index in [2.05, 4.69) is 24.3 Å². The van der Waals surface area contributed by atoms with E-state index in [4.69, 9.17) is 0 Å². The van der Waals surface area contributed by atoms with Crippen LogP contribution in [0.2, 0.25) is 0 Å². The highest BCUT2D eigenvalue weighted by molar-refractivity contribution is 6.27. The van der Waals surface area contributed by atoms with Crippen LogP contribution < -0.4 is 5.32 Å². The Bertz CT molecular complexity index is 964. The number of ketones is 2. The highest BCUT2D eigenvalue weighted by Crippen LogP contribution is 2.30. The van der Waals surface area contributed by atoms with Crippen LogP contribution in [-0.2, 0) is 0 Å². The minimum Gasteiger partial charge on any atom is -0.355 e. The first-order valence-corrected chi connectivity index (χ1v) is 9.69. The number of nitrogens with zero attached hydrogens (tertiary/aromatic N) is 2. The summed E-state index contributed by atoms with van der Waals surface area (Å²) in [6.45, 7) is 5.40. The van der Waals surface area contributed by atoms with Gasteiger partial charge in [0.25, 0.3) is 0 Å². The van der Waals surface area contributed by atoms with Crippen LogP contribution in [0.4, 0.5) is 5.69 Å². The summed E-state index contributed by atoms with van der Waals surface area (Å²) in [6, 6.07) is 15.0. The third-order valence-corrected chi connectivity index (χ3v) is 5.68. The zero-order valence-electron chi connectivity index (χ0n) is 16.7. The summed E-state index contributed by atoms with van der Waals surface area (Å²) in [7, 11) is 4.39. The fourth-order valence-electron chi connectivity index (χ4n) is 3.79. The van der Waals surface area contributed by atoms with E-state index in [1.165, 1.54) is 0 Å². The summed E-state index contributed by atoms with van der Waals surface area (Å²) in [5.41, 5.74) is 3.82. The Hall–Kier alpha value is -2.92. The Morgan fingerprint density at radius 2 is 1.43 bits per heavy atom. The van der Waals surface area contributed by atoms with Crippen molar-refractivity contribution in [2.45, 2.75) is 6.92 Å². The number of fused-ring (bicyclic) bond motifs is 1. The number of likely N-dealkylation sites (N-methyl/N-ethyl adjacent to an activating group) is 1. The Labute approximate surface area is 165 Å². The van der Waals surface area contributed by atoms with Gasteiger partial charge in [-0.15, -0.1) is 0 Å². The van der Waals surface area contributed by atoms with Gasteiger partial charge in [-0.3, -0.25) is 9.59 Å². The third kappa shape index (κ3) is 3.34. The SMILES string of the molecule is Cc1ccc(NC2=C(N3CC[N+](C)(C)CC3)C(=O)c3ccccc3C2=O)cc1. The number of Topliss-reactive ketones (excluding diaryl/α,β-unsaturated/α-hetero) is 2. The van der Waals surface area contributed by atoms with Gasteiger partial charge < -0.3 is 14.7 Å². The molecule has 0 aromatic heterocycles. The molecule has 1 N–H and O–H groups in total. The van der Waals surface area contributed by atoms with Gasteiger partial charge in [0.05, 0.1) is 40.3 Å². The number of nitrogens with one attached hydrogen (secondary N) is 1. The van der Waals surface area contributed by atoms with E-state index >= 15 is 0 Å². The number of carbonyl (C=O) groups is 2. The lowest BCUT2D eigenvalue weighted by Gasteiger charge is -2.41. The quantitative estimate of drug-likeness (QED) is 0.837. The maximum atomic E-state index is 13.4. The number of aryl methyl sites for hydroxylation is 1. The molecule has 1 saturated heterocycles. The molecule has 5 heteroatoms. The first kappa shape index (κ1) is 18.4. The topological polar surface area (TPSA) is 49.4 Å². The van der Waals surface area contributed by atoms with E-state index in [0.717, 1.165) is 41.9 Å². The minimum atomic E-state index is -0.120. The van der Waals surface area contributed by atoms with Crippen molar-refractivity contribution in [3.8, 4) is 0 Å². The third-order valence-electron chi connectivity index (χ3n) is 5.68. The summed E-state index contributed by atoms with van der Waals surface area (Å²) in [5.74, 6) is -0.192. The van der Waals surface area contributed by atoms with E-state index < -0.39 is 0 Å². The number of allylic oxidation sites excluding steroid dienone is 2. The predicted molar refractivity (Wildman–Crippen MR) is 110 cm³/mol. The molecule has 5 nitrogen and oxygen atoms in total. The first-order valence-electron chi connectivity index (χ1n) is 9.69. The molecule has 0 atom stereocenters. The number of hydrogen-bond acceptors (Lipinski definition) is 4. The molecule has 2 aliphatic rings. The number of carbonyl (C=O) groups excluding carboxylic acids is 2. The van der Waals surface area contributed by atoms with Crippen LogP contribution in [0, 0.1) is 6.92 Å². The van der Waals surface area contributed by atoms with Crippen LogP contribution in [0.25, 0.3) is 0 Å². The molecule has 1 aliphatic carbocycles. The van der Waals surface area contributed by atoms with Gasteiger partial charge in [-0.05, 0) is 19.1 Å². The second-order valence-corrected chi connectivity index (χ2v) is 8.29. The van der Waals surface area contributed by atoms with Crippen molar-refractivity contribution in [1.29, 1.82) is 0 Å². The molecular formula is C23H26N3O2+. The summed E-state index contributed by atoms with van der Waals surface area (Å²) in [4.78, 5) is 28.8. The molecular weight excluding hydrogens is 350 g/mol. The highest BCUT2D eigenvalue weighted by Gasteiger charge is 2.37. The van der Waals surface area contributed by atoms with Gasteiger partial charge in [-0.2, -0.15) is 0 Å². The van der Waals surface area contributed by atoms with Gasteiger partial charge in [-0.25, -0.2) is 0 Å². The van der Waals surface area contributed by atoms with E-state index in [1.807, 2.05) is 37.3 Å². The molecule has 0 radical (unpaired) electrons. The maximum absolute atomic E-state index is 13.4. The van der Waals surface area contributed by atoms with Crippen LogP contribution >= 0.6 is 0 Å². The molecule has 1 fully saturated rings. The number of anilines is 1. The van der Waals surface area contributed by atoms with E-state index in [9.17, 15) is 9.59 Å². The standard InChI is InChI=1S/C23H25N3O2/c1-16-8-10-17(11-9-16)24-20-21(25-12-14-26(2,3)15-13-25)23(28)19-7-5-4-6-18(19)22(20)27/h4-11H,12-15H2,1-3H3/p+1. The lowest BCUT2D eigenvalue weighted by atomic mass is 9.89. The molecule has 0 spiro atoms. The van der Waals surface area contributed by atoms with Crippen molar-refractivity contribution in [3.63, 3.8) is 0 Å². The maximum Gasteiger partial charge on any atom is 0.212 e. The number of benzene rings is 2. The molecule has 2 aromatic rings. The molecule has 0 amide bonds. The second-order valence-electron chi connectivity index (χ2n) is 8.29. The number of quaternary nitrogens is 1. The van der Waals surface area contributed by atoms with Gasteiger partial charge in [0, 0.05) is 16.8 Å². The fraction of sp³-hybridized carbons (Fsp3) is 0.304. The molecule has 28 heavy (non-hydrogen) atoms. The predicted octanol–water partition coefficient (Wildman–Crippen LogP) is 3.09. The second kappa shape index (κ2) is 6.91. The zero-order valence-corrected chi connectivity index (χ0v) is 16.7. The van der Waals surface area contributed by atoms with Crippen molar-refractivity contribution in [3.05, 3.63) is 76.6 Å². The van der Waals surface area contributed by atoms with Crippen molar-refractivity contribution in [2.75, 3.05) is 45.6 Å². The molecule has 1 aliphatic heterocycles. The molecule has 0 bridgehead atoms. The van der Waals surface area contributed by atoms with Crippen molar-refractivity contribution >= 4 is 17.3 Å². The van der Waals surface area contributed by atoms with E-state index in [-0.39, 0.29) is 11.6 Å². The van der Waals surface area contributed by atoms with E-state index in [1.54, 1.807) is 18.2 Å². The van der Waals surface area contributed by atoms with Gasteiger partial charge in [0.15, 0.2) is 0 Å². The number of rotatable bonds is 3. The van der Waals surface area contributed by atoms with E-state index in [0.29, 0.717) is 22.5 Å². The molecule has 4 rings (SSSR count). The largest absolute Gasteiger partial charge is 0.355 e. The monoisotopic (exact) mass is 376 g/mol. The smallest absolute Gasteiger partial charge is 0.212 e. The van der Waals surface area contributed by atoms with Gasteiger partial charge in [-0.1, -0.05) is 42.0 Å². The average molecular weight is 376 g/mol. The minimum absolute atomic E-state index is 0.0722. The Morgan fingerprint density at radius 1 is 0.857 bits per heavy atom.